The molecule has 23 heavy (non-hydrogen) atoms. The van der Waals surface area contributed by atoms with Crippen molar-refractivity contribution >= 4 is 11.8 Å². The van der Waals surface area contributed by atoms with E-state index in [1.807, 2.05) is 0 Å². The van der Waals surface area contributed by atoms with Crippen LogP contribution in [0.25, 0.3) is 0 Å². The Morgan fingerprint density at radius 2 is 2.09 bits per heavy atom. The first kappa shape index (κ1) is 16.0. The van der Waals surface area contributed by atoms with Crippen LogP contribution in [0.5, 0.6) is 0 Å². The molecule has 2 saturated heterocycles. The highest BCUT2D eigenvalue weighted by molar-refractivity contribution is 5.95. The molecule has 2 atom stereocenters. The maximum atomic E-state index is 12.5. The molecule has 0 bridgehead atoms. The Labute approximate surface area is 134 Å². The van der Waals surface area contributed by atoms with Crippen LogP contribution in [0.2, 0.25) is 0 Å². The summed E-state index contributed by atoms with van der Waals surface area (Å²) in [5.74, 6) is -0.316. The Morgan fingerprint density at radius 3 is 2.83 bits per heavy atom. The highest BCUT2D eigenvalue weighted by Crippen LogP contribution is 2.20. The van der Waals surface area contributed by atoms with Crippen LogP contribution in [0.3, 0.4) is 0 Å². The lowest BCUT2D eigenvalue weighted by Crippen LogP contribution is -2.52. The van der Waals surface area contributed by atoms with E-state index in [9.17, 15) is 9.59 Å². The van der Waals surface area contributed by atoms with Crippen LogP contribution in [-0.4, -0.2) is 42.2 Å². The van der Waals surface area contributed by atoms with E-state index in [4.69, 9.17) is 14.0 Å². The number of hydroxylamine groups is 1. The maximum absolute atomic E-state index is 12.5. The fourth-order valence-electron chi connectivity index (χ4n) is 2.98. The first-order valence-corrected chi connectivity index (χ1v) is 8.17. The minimum Gasteiger partial charge on any atom is -0.459 e. The molecular weight excluding hydrogens is 300 g/mol. The summed E-state index contributed by atoms with van der Waals surface area (Å²) in [6, 6.07) is 2.73. The molecule has 1 N–H and O–H groups in total. The van der Waals surface area contributed by atoms with E-state index in [2.05, 4.69) is 5.48 Å². The van der Waals surface area contributed by atoms with Crippen molar-refractivity contribution in [3.05, 3.63) is 24.2 Å². The third kappa shape index (κ3) is 3.92. The van der Waals surface area contributed by atoms with Gasteiger partial charge in [-0.15, -0.1) is 0 Å². The number of likely N-dealkylation sites (tertiary alicyclic amines) is 1. The van der Waals surface area contributed by atoms with Crippen LogP contribution in [0, 0.1) is 0 Å². The molecule has 2 fully saturated rings. The second-order valence-corrected chi connectivity index (χ2v) is 5.87. The number of rotatable bonds is 4. The van der Waals surface area contributed by atoms with Crippen molar-refractivity contribution in [2.24, 2.45) is 0 Å². The van der Waals surface area contributed by atoms with Crippen molar-refractivity contribution in [2.75, 3.05) is 13.2 Å². The van der Waals surface area contributed by atoms with Crippen LogP contribution >= 0.6 is 0 Å². The van der Waals surface area contributed by atoms with Crippen molar-refractivity contribution in [3.63, 3.8) is 0 Å². The van der Waals surface area contributed by atoms with E-state index >= 15 is 0 Å². The predicted octanol–water partition coefficient (Wildman–Crippen LogP) is 1.85. The summed E-state index contributed by atoms with van der Waals surface area (Å²) < 4.78 is 10.6. The minimum absolute atomic E-state index is 0.251. The summed E-state index contributed by atoms with van der Waals surface area (Å²) in [5.41, 5.74) is 2.46. The highest BCUT2D eigenvalue weighted by atomic mass is 16.8. The molecule has 126 valence electrons. The standard InChI is InChI=1S/C16H22N2O5/c19-15(17-23-14-8-2-4-10-22-14)12-6-1-3-9-18(12)16(20)13-7-5-11-21-13/h5,7,11-12,14H,1-4,6,8-10H2,(H,17,19). The zero-order valence-corrected chi connectivity index (χ0v) is 13.0. The second-order valence-electron chi connectivity index (χ2n) is 5.87. The normalized spacial score (nSPS) is 25.1. The third-order valence-corrected chi connectivity index (χ3v) is 4.23. The average Bonchev–Trinajstić information content (AvgIpc) is 3.14. The Bertz CT molecular complexity index is 525. The molecular formula is C16H22N2O5. The van der Waals surface area contributed by atoms with Crippen molar-refractivity contribution in [1.29, 1.82) is 0 Å². The molecule has 3 heterocycles. The number of furan rings is 1. The van der Waals surface area contributed by atoms with Gasteiger partial charge in [-0.05, 0) is 44.2 Å². The van der Waals surface area contributed by atoms with Gasteiger partial charge in [0.1, 0.15) is 6.04 Å². The van der Waals surface area contributed by atoms with Gasteiger partial charge in [0.15, 0.2) is 12.1 Å². The number of nitrogens with zero attached hydrogens (tertiary/aromatic N) is 1. The second kappa shape index (κ2) is 7.61. The van der Waals surface area contributed by atoms with Crippen LogP contribution in [-0.2, 0) is 14.4 Å². The average molecular weight is 322 g/mol. The molecule has 2 aliphatic heterocycles. The molecule has 1 aromatic rings. The topological polar surface area (TPSA) is 81.0 Å². The van der Waals surface area contributed by atoms with Crippen LogP contribution in [0.1, 0.15) is 49.1 Å². The molecule has 1 aromatic heterocycles. The van der Waals surface area contributed by atoms with E-state index in [1.165, 1.54) is 6.26 Å². The molecule has 7 heteroatoms. The van der Waals surface area contributed by atoms with Crippen molar-refractivity contribution < 1.29 is 23.6 Å². The van der Waals surface area contributed by atoms with E-state index in [0.717, 1.165) is 32.1 Å². The van der Waals surface area contributed by atoms with Gasteiger partial charge in [-0.25, -0.2) is 10.3 Å². The molecule has 3 rings (SSSR count). The number of piperidine rings is 1. The number of carbonyl (C=O) groups is 2. The van der Waals surface area contributed by atoms with E-state index < -0.39 is 12.3 Å². The number of ether oxygens (including phenoxy) is 1. The highest BCUT2D eigenvalue weighted by Gasteiger charge is 2.34. The lowest BCUT2D eigenvalue weighted by atomic mass is 10.0. The Hall–Kier alpha value is -1.86. The number of hydrogen-bond donors (Lipinski definition) is 1. The van der Waals surface area contributed by atoms with Gasteiger partial charge < -0.3 is 14.1 Å². The van der Waals surface area contributed by atoms with Crippen molar-refractivity contribution in [1.82, 2.24) is 10.4 Å². The fourth-order valence-corrected chi connectivity index (χ4v) is 2.98. The monoisotopic (exact) mass is 322 g/mol. The minimum atomic E-state index is -0.537. The molecule has 0 saturated carbocycles. The van der Waals surface area contributed by atoms with Crippen LogP contribution in [0.4, 0.5) is 0 Å². The summed E-state index contributed by atoms with van der Waals surface area (Å²) in [6.45, 7) is 1.19. The Kier molecular flexibility index (Phi) is 5.30. The molecule has 2 unspecified atom stereocenters. The molecule has 7 nitrogen and oxygen atoms in total. The maximum Gasteiger partial charge on any atom is 0.290 e. The summed E-state index contributed by atoms with van der Waals surface area (Å²) in [7, 11) is 0. The lowest BCUT2D eigenvalue weighted by Gasteiger charge is -2.34. The zero-order valence-electron chi connectivity index (χ0n) is 13.0. The summed E-state index contributed by atoms with van der Waals surface area (Å²) in [4.78, 5) is 31.8. The smallest absolute Gasteiger partial charge is 0.290 e. The van der Waals surface area contributed by atoms with Gasteiger partial charge in [0.2, 0.25) is 0 Å². The zero-order chi connectivity index (χ0) is 16.1. The van der Waals surface area contributed by atoms with Crippen molar-refractivity contribution in [2.45, 2.75) is 50.9 Å². The van der Waals surface area contributed by atoms with Gasteiger partial charge in [-0.3, -0.25) is 9.59 Å². The number of hydrogen-bond acceptors (Lipinski definition) is 5. The summed E-state index contributed by atoms with van der Waals surface area (Å²) in [5, 5.41) is 0. The molecule has 0 radical (unpaired) electrons. The molecule has 2 aliphatic rings. The summed E-state index contributed by atoms with van der Waals surface area (Å²) >= 11 is 0. The van der Waals surface area contributed by atoms with Gasteiger partial charge in [0.05, 0.1) is 6.26 Å². The third-order valence-electron chi connectivity index (χ3n) is 4.23. The van der Waals surface area contributed by atoms with Gasteiger partial charge >= 0.3 is 0 Å². The first-order chi connectivity index (χ1) is 11.3. The molecule has 0 spiro atoms. The van der Waals surface area contributed by atoms with Crippen LogP contribution in [0.15, 0.2) is 22.8 Å². The van der Waals surface area contributed by atoms with E-state index in [-0.39, 0.29) is 17.6 Å². The van der Waals surface area contributed by atoms with Crippen molar-refractivity contribution in [3.8, 4) is 0 Å². The molecule has 2 amide bonds. The first-order valence-electron chi connectivity index (χ1n) is 8.17. The quantitative estimate of drug-likeness (QED) is 0.856. The van der Waals surface area contributed by atoms with Gasteiger partial charge in [-0.1, -0.05) is 0 Å². The van der Waals surface area contributed by atoms with Gasteiger partial charge in [0.25, 0.3) is 11.8 Å². The number of carbonyl (C=O) groups excluding carboxylic acids is 2. The number of nitrogens with one attached hydrogen (secondary N) is 1. The SMILES string of the molecule is O=C(NOC1CCCCO1)C1CCCCN1C(=O)c1ccco1. The fraction of sp³-hybridized carbons (Fsp3) is 0.625. The largest absolute Gasteiger partial charge is 0.459 e. The molecule has 0 aromatic carbocycles. The van der Waals surface area contributed by atoms with Crippen LogP contribution < -0.4 is 5.48 Å². The number of amides is 2. The van der Waals surface area contributed by atoms with E-state index in [0.29, 0.717) is 19.6 Å². The van der Waals surface area contributed by atoms with Gasteiger partial charge in [-0.2, -0.15) is 0 Å². The van der Waals surface area contributed by atoms with Gasteiger partial charge in [0, 0.05) is 19.6 Å². The Balaban J connectivity index is 1.58. The van der Waals surface area contributed by atoms with E-state index in [1.54, 1.807) is 17.0 Å². The predicted molar refractivity (Wildman–Crippen MR) is 80.2 cm³/mol. The lowest BCUT2D eigenvalue weighted by molar-refractivity contribution is -0.202. The summed E-state index contributed by atoms with van der Waals surface area (Å²) in [6.07, 6.45) is 6.26. The Morgan fingerprint density at radius 1 is 1.22 bits per heavy atom. The molecule has 0 aliphatic carbocycles.